The molecular weight excluding hydrogens is 216 g/mol. The van der Waals surface area contributed by atoms with Crippen LogP contribution in [0.25, 0.3) is 0 Å². The summed E-state index contributed by atoms with van der Waals surface area (Å²) in [5, 5.41) is 16.3. The van der Waals surface area contributed by atoms with Gasteiger partial charge in [-0.3, -0.25) is 4.79 Å². The third kappa shape index (κ3) is 3.96. The maximum Gasteiger partial charge on any atom is 0.220 e. The molecule has 1 aliphatic heterocycles. The predicted molar refractivity (Wildman–Crippen MR) is 66.6 cm³/mol. The molecule has 4 heteroatoms. The summed E-state index contributed by atoms with van der Waals surface area (Å²) < 4.78 is 0. The molecule has 1 unspecified atom stereocenters. The van der Waals surface area contributed by atoms with Crippen LogP contribution in [0.2, 0.25) is 0 Å². The molecular formula is C13H24N2O2. The van der Waals surface area contributed by atoms with Crippen LogP contribution in [-0.4, -0.2) is 36.2 Å². The van der Waals surface area contributed by atoms with E-state index in [2.05, 4.69) is 10.6 Å². The maximum absolute atomic E-state index is 11.8. The average Bonchev–Trinajstić information content (AvgIpc) is 2.76. The molecule has 17 heavy (non-hydrogen) atoms. The van der Waals surface area contributed by atoms with E-state index in [-0.39, 0.29) is 5.91 Å². The van der Waals surface area contributed by atoms with Crippen LogP contribution in [0.3, 0.4) is 0 Å². The lowest BCUT2D eigenvalue weighted by atomic mass is 9.95. The van der Waals surface area contributed by atoms with Gasteiger partial charge >= 0.3 is 0 Å². The minimum Gasteiger partial charge on any atom is -0.388 e. The molecule has 0 spiro atoms. The molecule has 0 aromatic carbocycles. The van der Waals surface area contributed by atoms with Gasteiger partial charge in [-0.25, -0.2) is 0 Å². The lowest BCUT2D eigenvalue weighted by Gasteiger charge is -2.25. The maximum atomic E-state index is 11.8. The van der Waals surface area contributed by atoms with Crippen molar-refractivity contribution in [3.05, 3.63) is 0 Å². The Morgan fingerprint density at radius 3 is 2.76 bits per heavy atom. The molecule has 0 aromatic rings. The Morgan fingerprint density at radius 2 is 2.12 bits per heavy atom. The highest BCUT2D eigenvalue weighted by atomic mass is 16.3. The van der Waals surface area contributed by atoms with Crippen LogP contribution < -0.4 is 10.6 Å². The van der Waals surface area contributed by atoms with Gasteiger partial charge in [-0.05, 0) is 44.7 Å². The Hall–Kier alpha value is -0.610. The number of carbonyl (C=O) groups is 1. The van der Waals surface area contributed by atoms with Gasteiger partial charge in [0.2, 0.25) is 5.91 Å². The molecule has 3 N–H and O–H groups in total. The molecule has 1 saturated heterocycles. The summed E-state index contributed by atoms with van der Waals surface area (Å²) in [6.45, 7) is 2.47. The topological polar surface area (TPSA) is 61.4 Å². The number of piperidine rings is 1. The highest BCUT2D eigenvalue weighted by Gasteiger charge is 2.31. The molecule has 1 saturated carbocycles. The second-order valence-corrected chi connectivity index (χ2v) is 5.62. The summed E-state index contributed by atoms with van der Waals surface area (Å²) in [5.41, 5.74) is -0.625. The Bertz CT molecular complexity index is 256. The Balaban J connectivity index is 1.66. The highest BCUT2D eigenvalue weighted by Crippen LogP contribution is 2.28. The molecule has 0 bridgehead atoms. The third-order valence-corrected chi connectivity index (χ3v) is 4.02. The lowest BCUT2D eigenvalue weighted by Crippen LogP contribution is -2.42. The summed E-state index contributed by atoms with van der Waals surface area (Å²) in [6, 6.07) is 0. The highest BCUT2D eigenvalue weighted by molar-refractivity contribution is 5.76. The van der Waals surface area contributed by atoms with Gasteiger partial charge in [-0.2, -0.15) is 0 Å². The first-order valence-electron chi connectivity index (χ1n) is 6.88. The fourth-order valence-corrected chi connectivity index (χ4v) is 2.91. The molecule has 4 nitrogen and oxygen atoms in total. The molecule has 0 radical (unpaired) electrons. The largest absolute Gasteiger partial charge is 0.388 e. The Kier molecular flexibility index (Phi) is 4.40. The monoisotopic (exact) mass is 240 g/mol. The number of hydrogen-bond donors (Lipinski definition) is 3. The van der Waals surface area contributed by atoms with Gasteiger partial charge in [-0.15, -0.1) is 0 Å². The third-order valence-electron chi connectivity index (χ3n) is 4.02. The normalized spacial score (nSPS) is 27.9. The molecule has 2 rings (SSSR count). The van der Waals surface area contributed by atoms with E-state index in [0.29, 0.717) is 18.9 Å². The Labute approximate surface area is 103 Å². The van der Waals surface area contributed by atoms with Crippen molar-refractivity contribution < 1.29 is 9.90 Å². The molecule has 1 atom stereocenters. The molecule has 1 amide bonds. The summed E-state index contributed by atoms with van der Waals surface area (Å²) in [4.78, 5) is 11.8. The van der Waals surface area contributed by atoms with Crippen LogP contribution in [-0.2, 0) is 4.79 Å². The summed E-state index contributed by atoms with van der Waals surface area (Å²) >= 11 is 0. The van der Waals surface area contributed by atoms with Gasteiger partial charge in [0, 0.05) is 13.0 Å². The van der Waals surface area contributed by atoms with Crippen LogP contribution in [0.15, 0.2) is 0 Å². The zero-order chi connectivity index (χ0) is 12.1. The van der Waals surface area contributed by atoms with E-state index >= 15 is 0 Å². The number of rotatable bonds is 4. The van der Waals surface area contributed by atoms with Gasteiger partial charge in [0.15, 0.2) is 0 Å². The van der Waals surface area contributed by atoms with Crippen molar-refractivity contribution in [1.29, 1.82) is 0 Å². The fraction of sp³-hybridized carbons (Fsp3) is 0.923. The van der Waals surface area contributed by atoms with Crippen molar-refractivity contribution in [1.82, 2.24) is 10.6 Å². The SMILES string of the molecule is O=C(CC1CCCNC1)NCC1(O)CCCC1. The van der Waals surface area contributed by atoms with E-state index < -0.39 is 5.60 Å². The first-order valence-corrected chi connectivity index (χ1v) is 6.88. The van der Waals surface area contributed by atoms with E-state index in [9.17, 15) is 9.90 Å². The number of hydrogen-bond acceptors (Lipinski definition) is 3. The second-order valence-electron chi connectivity index (χ2n) is 5.62. The summed E-state index contributed by atoms with van der Waals surface area (Å²) in [6.07, 6.45) is 6.74. The van der Waals surface area contributed by atoms with Crippen molar-refractivity contribution in [2.24, 2.45) is 5.92 Å². The van der Waals surface area contributed by atoms with Crippen LogP contribution in [0.5, 0.6) is 0 Å². The quantitative estimate of drug-likeness (QED) is 0.681. The first-order chi connectivity index (χ1) is 8.18. The van der Waals surface area contributed by atoms with E-state index in [1.165, 1.54) is 6.42 Å². The minimum atomic E-state index is -0.625. The standard InChI is InChI=1S/C13H24N2O2/c16-12(8-11-4-3-7-14-9-11)15-10-13(17)5-1-2-6-13/h11,14,17H,1-10H2,(H,15,16). The van der Waals surface area contributed by atoms with Crippen molar-refractivity contribution in [3.63, 3.8) is 0 Å². The zero-order valence-corrected chi connectivity index (χ0v) is 10.5. The van der Waals surface area contributed by atoms with Crippen LogP contribution >= 0.6 is 0 Å². The summed E-state index contributed by atoms with van der Waals surface area (Å²) in [7, 11) is 0. The fourth-order valence-electron chi connectivity index (χ4n) is 2.91. The number of aliphatic hydroxyl groups is 1. The lowest BCUT2D eigenvalue weighted by molar-refractivity contribution is -0.123. The van der Waals surface area contributed by atoms with E-state index in [4.69, 9.17) is 0 Å². The molecule has 1 heterocycles. The molecule has 98 valence electrons. The average molecular weight is 240 g/mol. The number of carbonyl (C=O) groups excluding carboxylic acids is 1. The first kappa shape index (κ1) is 12.8. The zero-order valence-electron chi connectivity index (χ0n) is 10.5. The molecule has 0 aromatic heterocycles. The van der Waals surface area contributed by atoms with Crippen molar-refractivity contribution >= 4 is 5.91 Å². The van der Waals surface area contributed by atoms with E-state index in [1.54, 1.807) is 0 Å². The van der Waals surface area contributed by atoms with Crippen molar-refractivity contribution in [2.45, 2.75) is 50.5 Å². The molecule has 2 fully saturated rings. The van der Waals surface area contributed by atoms with Crippen LogP contribution in [0, 0.1) is 5.92 Å². The van der Waals surface area contributed by atoms with Gasteiger partial charge in [0.25, 0.3) is 0 Å². The van der Waals surface area contributed by atoms with Gasteiger partial charge in [0.05, 0.1) is 5.60 Å². The number of amides is 1. The molecule has 1 aliphatic carbocycles. The van der Waals surface area contributed by atoms with Crippen LogP contribution in [0.1, 0.15) is 44.9 Å². The van der Waals surface area contributed by atoms with E-state index in [1.807, 2.05) is 0 Å². The minimum absolute atomic E-state index is 0.0963. The van der Waals surface area contributed by atoms with Crippen LogP contribution in [0.4, 0.5) is 0 Å². The van der Waals surface area contributed by atoms with Gasteiger partial charge < -0.3 is 15.7 Å². The Morgan fingerprint density at radius 1 is 1.35 bits per heavy atom. The van der Waals surface area contributed by atoms with Gasteiger partial charge in [0.1, 0.15) is 0 Å². The van der Waals surface area contributed by atoms with Crippen molar-refractivity contribution in [2.75, 3.05) is 19.6 Å². The van der Waals surface area contributed by atoms with E-state index in [0.717, 1.165) is 45.2 Å². The van der Waals surface area contributed by atoms with Gasteiger partial charge in [-0.1, -0.05) is 12.8 Å². The summed E-state index contributed by atoms with van der Waals surface area (Å²) in [5.74, 6) is 0.570. The van der Waals surface area contributed by atoms with Crippen molar-refractivity contribution in [3.8, 4) is 0 Å². The smallest absolute Gasteiger partial charge is 0.220 e. The number of nitrogens with one attached hydrogen (secondary N) is 2. The predicted octanol–water partition coefficient (Wildman–Crippen LogP) is 0.797. The second kappa shape index (κ2) is 5.83. The molecule has 2 aliphatic rings.